The maximum absolute atomic E-state index is 5.88. The molecule has 1 aromatic carbocycles. The first-order valence-corrected chi connectivity index (χ1v) is 5.90. The molecule has 0 radical (unpaired) electrons. The van der Waals surface area contributed by atoms with Crippen LogP contribution in [0.1, 0.15) is 38.7 Å². The van der Waals surface area contributed by atoms with Crippen molar-refractivity contribution in [1.29, 1.82) is 0 Å². The Morgan fingerprint density at radius 1 is 1.13 bits per heavy atom. The molecule has 1 aromatic rings. The Morgan fingerprint density at radius 3 is 2.33 bits per heavy atom. The van der Waals surface area contributed by atoms with Gasteiger partial charge in [-0.15, -0.1) is 0 Å². The fourth-order valence-corrected chi connectivity index (χ4v) is 2.13. The zero-order valence-electron chi connectivity index (χ0n) is 9.39. The van der Waals surface area contributed by atoms with Crippen LogP contribution in [0, 0.1) is 5.41 Å². The first-order valence-electron chi connectivity index (χ1n) is 5.52. The van der Waals surface area contributed by atoms with E-state index < -0.39 is 0 Å². The molecule has 0 saturated heterocycles. The van der Waals surface area contributed by atoms with Crippen molar-refractivity contribution in [2.24, 2.45) is 5.41 Å². The lowest BCUT2D eigenvalue weighted by Crippen LogP contribution is -2.13. The highest BCUT2D eigenvalue weighted by Crippen LogP contribution is 2.37. The Balaban J connectivity index is 2.19. The van der Waals surface area contributed by atoms with E-state index in [1.807, 2.05) is 12.1 Å². The quantitative estimate of drug-likeness (QED) is 0.629. The molecule has 0 amide bonds. The maximum atomic E-state index is 5.88. The fraction of sp³-hybridized carbons (Fsp3) is 0.429. The number of rotatable bonds is 1. The van der Waals surface area contributed by atoms with Crippen LogP contribution in [0.4, 0.5) is 0 Å². The van der Waals surface area contributed by atoms with Crippen LogP contribution in [-0.4, -0.2) is 0 Å². The lowest BCUT2D eigenvalue weighted by Gasteiger charge is -2.28. The standard InChI is InChI=1S/C14H17Cl/c1-14(2)9-7-12(8-10-14)11-3-5-13(15)6-4-11/h3-7H,8-10H2,1-2H3. The summed E-state index contributed by atoms with van der Waals surface area (Å²) >= 11 is 5.88. The van der Waals surface area contributed by atoms with Gasteiger partial charge in [-0.05, 0) is 47.9 Å². The first-order chi connectivity index (χ1) is 7.07. The van der Waals surface area contributed by atoms with Crippen LogP contribution >= 0.6 is 11.6 Å². The van der Waals surface area contributed by atoms with Crippen molar-refractivity contribution in [3.05, 3.63) is 40.9 Å². The Bertz CT molecular complexity index is 371. The molecule has 0 saturated carbocycles. The van der Waals surface area contributed by atoms with E-state index in [0.29, 0.717) is 5.41 Å². The summed E-state index contributed by atoms with van der Waals surface area (Å²) in [5.41, 5.74) is 3.29. The van der Waals surface area contributed by atoms with E-state index in [1.165, 1.54) is 30.4 Å². The van der Waals surface area contributed by atoms with Gasteiger partial charge < -0.3 is 0 Å². The van der Waals surface area contributed by atoms with Crippen LogP contribution in [0.3, 0.4) is 0 Å². The Labute approximate surface area is 97.0 Å². The number of hydrogen-bond donors (Lipinski definition) is 0. The van der Waals surface area contributed by atoms with E-state index in [4.69, 9.17) is 11.6 Å². The van der Waals surface area contributed by atoms with Crippen LogP contribution in [0.5, 0.6) is 0 Å². The van der Waals surface area contributed by atoms with E-state index in [0.717, 1.165) is 5.02 Å². The molecule has 0 aromatic heterocycles. The van der Waals surface area contributed by atoms with Gasteiger partial charge in [-0.2, -0.15) is 0 Å². The van der Waals surface area contributed by atoms with Gasteiger partial charge >= 0.3 is 0 Å². The monoisotopic (exact) mass is 220 g/mol. The lowest BCUT2D eigenvalue weighted by molar-refractivity contribution is 0.335. The van der Waals surface area contributed by atoms with Gasteiger partial charge in [-0.1, -0.05) is 43.7 Å². The van der Waals surface area contributed by atoms with Crippen LogP contribution in [0.2, 0.25) is 5.02 Å². The zero-order valence-corrected chi connectivity index (χ0v) is 10.1. The topological polar surface area (TPSA) is 0 Å². The van der Waals surface area contributed by atoms with Crippen molar-refractivity contribution < 1.29 is 0 Å². The highest BCUT2D eigenvalue weighted by Gasteiger charge is 2.21. The summed E-state index contributed by atoms with van der Waals surface area (Å²) in [5, 5.41) is 0.815. The van der Waals surface area contributed by atoms with Gasteiger partial charge in [0.15, 0.2) is 0 Å². The van der Waals surface area contributed by atoms with Crippen molar-refractivity contribution in [2.45, 2.75) is 33.1 Å². The van der Waals surface area contributed by atoms with Gasteiger partial charge in [0.1, 0.15) is 0 Å². The molecule has 80 valence electrons. The summed E-state index contributed by atoms with van der Waals surface area (Å²) < 4.78 is 0. The number of halogens is 1. The van der Waals surface area contributed by atoms with Crippen molar-refractivity contribution in [1.82, 2.24) is 0 Å². The summed E-state index contributed by atoms with van der Waals surface area (Å²) in [4.78, 5) is 0. The normalized spacial score (nSPS) is 19.8. The second kappa shape index (κ2) is 4.02. The lowest BCUT2D eigenvalue weighted by atomic mass is 9.77. The molecular weight excluding hydrogens is 204 g/mol. The number of benzene rings is 1. The van der Waals surface area contributed by atoms with Crippen molar-refractivity contribution >= 4 is 17.2 Å². The molecular formula is C14H17Cl. The minimum absolute atomic E-state index is 0.482. The van der Waals surface area contributed by atoms with Crippen molar-refractivity contribution in [3.8, 4) is 0 Å². The van der Waals surface area contributed by atoms with Gasteiger partial charge in [0, 0.05) is 5.02 Å². The molecule has 0 aliphatic heterocycles. The molecule has 1 aliphatic carbocycles. The van der Waals surface area contributed by atoms with E-state index in [1.54, 1.807) is 0 Å². The highest BCUT2D eigenvalue weighted by atomic mass is 35.5. The molecule has 0 unspecified atom stereocenters. The molecule has 15 heavy (non-hydrogen) atoms. The third-order valence-corrected chi connectivity index (χ3v) is 3.44. The summed E-state index contributed by atoms with van der Waals surface area (Å²) in [6, 6.07) is 8.17. The SMILES string of the molecule is CC1(C)CC=C(c2ccc(Cl)cc2)CC1. The molecule has 0 bridgehead atoms. The third kappa shape index (κ3) is 2.63. The van der Waals surface area contributed by atoms with E-state index in [-0.39, 0.29) is 0 Å². The highest BCUT2D eigenvalue weighted by molar-refractivity contribution is 6.30. The van der Waals surface area contributed by atoms with E-state index in [2.05, 4.69) is 32.1 Å². The molecule has 0 spiro atoms. The number of hydrogen-bond acceptors (Lipinski definition) is 0. The predicted octanol–water partition coefficient (Wildman–Crippen LogP) is 4.93. The van der Waals surface area contributed by atoms with E-state index in [9.17, 15) is 0 Å². The Morgan fingerprint density at radius 2 is 1.80 bits per heavy atom. The largest absolute Gasteiger partial charge is 0.0843 e. The molecule has 2 rings (SSSR count). The van der Waals surface area contributed by atoms with E-state index >= 15 is 0 Å². The van der Waals surface area contributed by atoms with Crippen LogP contribution in [0.25, 0.3) is 5.57 Å². The Hall–Kier alpha value is -0.750. The second-order valence-electron chi connectivity index (χ2n) is 5.10. The molecule has 0 heterocycles. The van der Waals surface area contributed by atoms with Gasteiger partial charge in [0.05, 0.1) is 0 Å². The minimum Gasteiger partial charge on any atom is -0.0843 e. The van der Waals surface area contributed by atoms with Gasteiger partial charge in [-0.3, -0.25) is 0 Å². The summed E-state index contributed by atoms with van der Waals surface area (Å²) in [7, 11) is 0. The average Bonchev–Trinajstić information content (AvgIpc) is 2.20. The molecule has 0 atom stereocenters. The average molecular weight is 221 g/mol. The smallest absolute Gasteiger partial charge is 0.0406 e. The second-order valence-corrected chi connectivity index (χ2v) is 5.54. The van der Waals surface area contributed by atoms with Crippen LogP contribution < -0.4 is 0 Å². The molecule has 1 aliphatic rings. The fourth-order valence-electron chi connectivity index (χ4n) is 2.00. The molecule has 0 N–H and O–H groups in total. The van der Waals surface area contributed by atoms with Gasteiger partial charge in [-0.25, -0.2) is 0 Å². The van der Waals surface area contributed by atoms with Gasteiger partial charge in [0.2, 0.25) is 0 Å². The minimum atomic E-state index is 0.482. The van der Waals surface area contributed by atoms with Crippen molar-refractivity contribution in [3.63, 3.8) is 0 Å². The molecule has 0 fully saturated rings. The molecule has 1 heteroatoms. The summed E-state index contributed by atoms with van der Waals surface area (Å²) in [6.07, 6.45) is 6.04. The predicted molar refractivity (Wildman–Crippen MR) is 67.1 cm³/mol. The zero-order chi connectivity index (χ0) is 10.9. The molecule has 0 nitrogen and oxygen atoms in total. The Kier molecular flexibility index (Phi) is 2.88. The van der Waals surface area contributed by atoms with Crippen LogP contribution in [-0.2, 0) is 0 Å². The van der Waals surface area contributed by atoms with Crippen LogP contribution in [0.15, 0.2) is 30.3 Å². The van der Waals surface area contributed by atoms with Crippen molar-refractivity contribution in [2.75, 3.05) is 0 Å². The summed E-state index contributed by atoms with van der Waals surface area (Å²) in [6.45, 7) is 4.67. The number of allylic oxidation sites excluding steroid dienone is 2. The first kappa shape index (κ1) is 10.8. The maximum Gasteiger partial charge on any atom is 0.0406 e. The summed E-state index contributed by atoms with van der Waals surface area (Å²) in [5.74, 6) is 0. The van der Waals surface area contributed by atoms with Gasteiger partial charge in [0.25, 0.3) is 0 Å². The third-order valence-electron chi connectivity index (χ3n) is 3.19.